The van der Waals surface area contributed by atoms with Crippen LogP contribution in [0.3, 0.4) is 0 Å². The van der Waals surface area contributed by atoms with E-state index in [1.807, 2.05) is 7.11 Å². The van der Waals surface area contributed by atoms with Gasteiger partial charge in [-0.25, -0.2) is 0 Å². The molecule has 1 aliphatic carbocycles. The van der Waals surface area contributed by atoms with Crippen molar-refractivity contribution >= 4 is 0 Å². The van der Waals surface area contributed by atoms with Crippen LogP contribution in [0, 0.1) is 11.3 Å². The summed E-state index contributed by atoms with van der Waals surface area (Å²) in [5.41, 5.74) is 0.292. The number of ether oxygens (including phenoxy) is 2. The van der Waals surface area contributed by atoms with Crippen molar-refractivity contribution in [1.82, 2.24) is 4.90 Å². The molecule has 17 heavy (non-hydrogen) atoms. The van der Waals surface area contributed by atoms with E-state index >= 15 is 0 Å². The Morgan fingerprint density at radius 2 is 2.24 bits per heavy atom. The van der Waals surface area contributed by atoms with Crippen molar-refractivity contribution in [2.45, 2.75) is 38.2 Å². The van der Waals surface area contributed by atoms with Crippen LogP contribution < -0.4 is 0 Å². The number of fused-ring (bicyclic) bond motifs is 1. The lowest BCUT2D eigenvalue weighted by Gasteiger charge is -2.50. The zero-order valence-corrected chi connectivity index (χ0v) is 11.0. The molecule has 0 radical (unpaired) electrons. The van der Waals surface area contributed by atoms with Crippen LogP contribution in [0.4, 0.5) is 0 Å². The zero-order valence-electron chi connectivity index (χ0n) is 11.0. The third-order valence-corrected chi connectivity index (χ3v) is 4.71. The van der Waals surface area contributed by atoms with Crippen molar-refractivity contribution in [2.24, 2.45) is 11.3 Å². The first-order valence-corrected chi connectivity index (χ1v) is 7.15. The van der Waals surface area contributed by atoms with Gasteiger partial charge in [0.25, 0.3) is 0 Å². The Labute approximate surface area is 104 Å². The van der Waals surface area contributed by atoms with Gasteiger partial charge in [0.1, 0.15) is 0 Å². The quantitative estimate of drug-likeness (QED) is 0.748. The summed E-state index contributed by atoms with van der Waals surface area (Å²) in [5, 5.41) is 0. The van der Waals surface area contributed by atoms with Crippen molar-refractivity contribution in [3.05, 3.63) is 0 Å². The van der Waals surface area contributed by atoms with Crippen LogP contribution in [0.1, 0.15) is 32.1 Å². The Bertz CT molecular complexity index is 263. The first kappa shape index (κ1) is 11.9. The predicted molar refractivity (Wildman–Crippen MR) is 67.1 cm³/mol. The van der Waals surface area contributed by atoms with Gasteiger partial charge in [-0.15, -0.1) is 0 Å². The number of piperidine rings is 1. The lowest BCUT2D eigenvalue weighted by atomic mass is 9.73. The molecule has 3 heteroatoms. The van der Waals surface area contributed by atoms with Crippen LogP contribution in [0.15, 0.2) is 0 Å². The van der Waals surface area contributed by atoms with Gasteiger partial charge in [0, 0.05) is 38.8 Å². The number of rotatable bonds is 4. The van der Waals surface area contributed by atoms with Crippen LogP contribution in [0.5, 0.6) is 0 Å². The summed E-state index contributed by atoms with van der Waals surface area (Å²) in [5.74, 6) is 0.996. The van der Waals surface area contributed by atoms with Crippen LogP contribution in [0.25, 0.3) is 0 Å². The van der Waals surface area contributed by atoms with E-state index in [-0.39, 0.29) is 0 Å². The summed E-state index contributed by atoms with van der Waals surface area (Å²) < 4.78 is 11.5. The van der Waals surface area contributed by atoms with E-state index in [1.54, 1.807) is 0 Å². The molecule has 0 aromatic carbocycles. The molecular formula is C14H25NO2. The summed E-state index contributed by atoms with van der Waals surface area (Å²) in [7, 11) is 1.83. The van der Waals surface area contributed by atoms with Crippen molar-refractivity contribution in [2.75, 3.05) is 40.0 Å². The minimum atomic E-state index is 0.292. The van der Waals surface area contributed by atoms with Gasteiger partial charge in [-0.2, -0.15) is 0 Å². The Kier molecular flexibility index (Phi) is 3.42. The second kappa shape index (κ2) is 4.87. The average molecular weight is 239 g/mol. The van der Waals surface area contributed by atoms with E-state index in [0.717, 1.165) is 19.1 Å². The van der Waals surface area contributed by atoms with Gasteiger partial charge in [0.2, 0.25) is 0 Å². The van der Waals surface area contributed by atoms with E-state index in [0.29, 0.717) is 11.5 Å². The molecule has 0 aromatic rings. The van der Waals surface area contributed by atoms with Gasteiger partial charge in [-0.05, 0) is 38.0 Å². The van der Waals surface area contributed by atoms with Crippen LogP contribution >= 0.6 is 0 Å². The number of likely N-dealkylation sites (tertiary alicyclic amines) is 1. The molecule has 0 spiro atoms. The van der Waals surface area contributed by atoms with E-state index in [9.17, 15) is 0 Å². The van der Waals surface area contributed by atoms with Gasteiger partial charge in [0.15, 0.2) is 0 Å². The molecular weight excluding hydrogens is 214 g/mol. The molecule has 2 aliphatic heterocycles. The van der Waals surface area contributed by atoms with Crippen LogP contribution in [-0.2, 0) is 9.47 Å². The van der Waals surface area contributed by atoms with Gasteiger partial charge in [-0.1, -0.05) is 0 Å². The summed E-state index contributed by atoms with van der Waals surface area (Å²) in [6.07, 6.45) is 7.05. The van der Waals surface area contributed by atoms with E-state index in [1.165, 1.54) is 51.7 Å². The topological polar surface area (TPSA) is 21.7 Å². The van der Waals surface area contributed by atoms with Gasteiger partial charge in [-0.3, -0.25) is 0 Å². The maximum atomic E-state index is 6.00. The van der Waals surface area contributed by atoms with Gasteiger partial charge in [0.05, 0.1) is 12.7 Å². The maximum absolute atomic E-state index is 6.00. The molecule has 2 atom stereocenters. The van der Waals surface area contributed by atoms with Crippen molar-refractivity contribution in [3.8, 4) is 0 Å². The normalized spacial score (nSPS) is 39.0. The maximum Gasteiger partial charge on any atom is 0.0677 e. The van der Waals surface area contributed by atoms with Crippen LogP contribution in [0.2, 0.25) is 0 Å². The molecule has 3 aliphatic rings. The fourth-order valence-electron chi connectivity index (χ4n) is 3.70. The summed E-state index contributed by atoms with van der Waals surface area (Å²) >= 11 is 0. The fourth-order valence-corrected chi connectivity index (χ4v) is 3.70. The second-order valence-electron chi connectivity index (χ2n) is 6.23. The molecule has 3 nitrogen and oxygen atoms in total. The molecule has 98 valence electrons. The Balaban J connectivity index is 1.66. The molecule has 0 amide bonds. The fraction of sp³-hybridized carbons (Fsp3) is 1.00. The molecule has 2 heterocycles. The number of hydrogen-bond acceptors (Lipinski definition) is 3. The molecule has 0 aromatic heterocycles. The number of hydrogen-bond donors (Lipinski definition) is 0. The van der Waals surface area contributed by atoms with Gasteiger partial charge < -0.3 is 14.4 Å². The predicted octanol–water partition coefficient (Wildman–Crippen LogP) is 1.91. The lowest BCUT2D eigenvalue weighted by molar-refractivity contribution is -0.148. The monoisotopic (exact) mass is 239 g/mol. The van der Waals surface area contributed by atoms with Crippen molar-refractivity contribution in [3.63, 3.8) is 0 Å². The zero-order chi connectivity index (χ0) is 11.7. The third-order valence-electron chi connectivity index (χ3n) is 4.71. The molecule has 0 bridgehead atoms. The van der Waals surface area contributed by atoms with E-state index < -0.39 is 0 Å². The standard InChI is InChI=1S/C14H25NO2/c1-16-11-14-6-2-8-17-13(14)5-7-15(10-14)9-12-3-4-12/h12-13H,2-11H2,1H3/t13-,14-/m0/s1. The largest absolute Gasteiger partial charge is 0.384 e. The third kappa shape index (κ3) is 2.51. The van der Waals surface area contributed by atoms with Crippen LogP contribution in [-0.4, -0.2) is 51.0 Å². The highest BCUT2D eigenvalue weighted by molar-refractivity contribution is 4.97. The molecule has 3 fully saturated rings. The molecule has 0 unspecified atom stereocenters. The molecule has 0 N–H and O–H groups in total. The van der Waals surface area contributed by atoms with Gasteiger partial charge >= 0.3 is 0 Å². The first-order chi connectivity index (χ1) is 8.32. The van der Waals surface area contributed by atoms with E-state index in [4.69, 9.17) is 9.47 Å². The summed E-state index contributed by atoms with van der Waals surface area (Å²) in [6.45, 7) is 5.57. The highest BCUT2D eigenvalue weighted by Crippen LogP contribution is 2.41. The number of nitrogens with zero attached hydrogens (tertiary/aromatic N) is 1. The van der Waals surface area contributed by atoms with Crippen molar-refractivity contribution < 1.29 is 9.47 Å². The Hall–Kier alpha value is -0.120. The molecule has 2 saturated heterocycles. The highest BCUT2D eigenvalue weighted by atomic mass is 16.5. The molecule has 3 rings (SSSR count). The molecule has 1 saturated carbocycles. The van der Waals surface area contributed by atoms with E-state index in [2.05, 4.69) is 4.90 Å². The highest BCUT2D eigenvalue weighted by Gasteiger charge is 2.46. The Morgan fingerprint density at radius 3 is 3.00 bits per heavy atom. The lowest BCUT2D eigenvalue weighted by Crippen LogP contribution is -2.57. The number of methoxy groups -OCH3 is 1. The average Bonchev–Trinajstić information content (AvgIpc) is 3.13. The first-order valence-electron chi connectivity index (χ1n) is 7.15. The Morgan fingerprint density at radius 1 is 1.35 bits per heavy atom. The summed E-state index contributed by atoms with van der Waals surface area (Å²) in [6, 6.07) is 0. The van der Waals surface area contributed by atoms with Crippen molar-refractivity contribution in [1.29, 1.82) is 0 Å². The second-order valence-corrected chi connectivity index (χ2v) is 6.23. The minimum Gasteiger partial charge on any atom is -0.384 e. The smallest absolute Gasteiger partial charge is 0.0677 e. The SMILES string of the molecule is COC[C@@]12CCCO[C@H]1CCN(CC1CC1)C2. The minimum absolute atomic E-state index is 0.292. The summed E-state index contributed by atoms with van der Waals surface area (Å²) in [4.78, 5) is 2.67.